The van der Waals surface area contributed by atoms with Crippen LogP contribution in [0.15, 0.2) is 40.8 Å². The first-order valence-corrected chi connectivity index (χ1v) is 10.5. The predicted octanol–water partition coefficient (Wildman–Crippen LogP) is 2.28. The Balaban J connectivity index is 1.65. The first-order chi connectivity index (χ1) is 13.8. The average molecular weight is 404 g/mol. The van der Waals surface area contributed by atoms with Crippen LogP contribution in [0.5, 0.6) is 5.88 Å². The highest BCUT2D eigenvalue weighted by molar-refractivity contribution is 7.10. The van der Waals surface area contributed by atoms with E-state index in [-0.39, 0.29) is 0 Å². The molecule has 2 aromatic heterocycles. The zero-order chi connectivity index (χ0) is 19.6. The second-order valence-corrected chi connectivity index (χ2v) is 7.44. The summed E-state index contributed by atoms with van der Waals surface area (Å²) in [6, 6.07) is 8.50. The van der Waals surface area contributed by atoms with Crippen LogP contribution >= 0.6 is 11.3 Å². The molecule has 0 aromatic carbocycles. The maximum absolute atomic E-state index is 5.53. The van der Waals surface area contributed by atoms with Crippen molar-refractivity contribution in [3.63, 3.8) is 0 Å². The van der Waals surface area contributed by atoms with E-state index in [0.717, 1.165) is 50.9 Å². The summed E-state index contributed by atoms with van der Waals surface area (Å²) in [6.45, 7) is 7.74. The molecule has 1 aliphatic heterocycles. The van der Waals surface area contributed by atoms with Gasteiger partial charge < -0.3 is 20.1 Å². The summed E-state index contributed by atoms with van der Waals surface area (Å²) in [7, 11) is 1.62. The fourth-order valence-electron chi connectivity index (χ4n) is 3.15. The lowest BCUT2D eigenvalue weighted by Gasteiger charge is -2.34. The lowest BCUT2D eigenvalue weighted by molar-refractivity contribution is 0.0177. The first-order valence-electron chi connectivity index (χ1n) is 9.66. The highest BCUT2D eigenvalue weighted by Crippen LogP contribution is 2.25. The largest absolute Gasteiger partial charge is 0.481 e. The third-order valence-electron chi connectivity index (χ3n) is 4.59. The third-order valence-corrected chi connectivity index (χ3v) is 5.57. The van der Waals surface area contributed by atoms with Gasteiger partial charge in [-0.2, -0.15) is 0 Å². The molecule has 1 fully saturated rings. The molecular weight excluding hydrogens is 374 g/mol. The van der Waals surface area contributed by atoms with Gasteiger partial charge in [0.25, 0.3) is 0 Å². The molecule has 8 heteroatoms. The lowest BCUT2D eigenvalue weighted by atomic mass is 10.2. The van der Waals surface area contributed by atoms with Crippen molar-refractivity contribution in [1.29, 1.82) is 0 Å². The van der Waals surface area contributed by atoms with Crippen molar-refractivity contribution in [3.8, 4) is 5.88 Å². The second kappa shape index (κ2) is 11.0. The highest BCUT2D eigenvalue weighted by Gasteiger charge is 2.23. The number of ether oxygens (including phenoxy) is 2. The van der Waals surface area contributed by atoms with Gasteiger partial charge in [-0.25, -0.2) is 9.98 Å². The molecule has 7 nitrogen and oxygen atoms in total. The van der Waals surface area contributed by atoms with Crippen LogP contribution in [0.2, 0.25) is 0 Å². The standard InChI is InChI=1S/C20H29N5O2S/c1-3-21-20(23-14-16-6-7-22-19(13-16)26-2)24-15-17(18-5-4-12-28-18)25-8-10-27-11-9-25/h4-7,12-13,17H,3,8-11,14-15H2,1-2H3,(H2,21,23,24). The molecule has 0 spiro atoms. The maximum atomic E-state index is 5.53. The number of methoxy groups -OCH3 is 1. The Labute approximate surface area is 170 Å². The molecule has 1 aliphatic rings. The summed E-state index contributed by atoms with van der Waals surface area (Å²) >= 11 is 1.80. The maximum Gasteiger partial charge on any atom is 0.213 e. The van der Waals surface area contributed by atoms with Gasteiger partial charge in [-0.1, -0.05) is 6.07 Å². The van der Waals surface area contributed by atoms with E-state index in [0.29, 0.717) is 18.5 Å². The normalized spacial score (nSPS) is 16.6. The molecular formula is C20H29N5O2S. The van der Waals surface area contributed by atoms with Crippen LogP contribution in [-0.4, -0.2) is 62.3 Å². The monoisotopic (exact) mass is 403 g/mol. The minimum atomic E-state index is 0.314. The molecule has 1 unspecified atom stereocenters. The smallest absolute Gasteiger partial charge is 0.213 e. The van der Waals surface area contributed by atoms with E-state index >= 15 is 0 Å². The van der Waals surface area contributed by atoms with E-state index in [4.69, 9.17) is 14.5 Å². The van der Waals surface area contributed by atoms with E-state index in [1.165, 1.54) is 4.88 Å². The molecule has 3 heterocycles. The van der Waals surface area contributed by atoms with Gasteiger partial charge in [0, 0.05) is 43.3 Å². The van der Waals surface area contributed by atoms with Crippen molar-refractivity contribution in [2.45, 2.75) is 19.5 Å². The van der Waals surface area contributed by atoms with Crippen LogP contribution in [0.25, 0.3) is 0 Å². The van der Waals surface area contributed by atoms with Gasteiger partial charge in [0.2, 0.25) is 5.88 Å². The number of hydrogen-bond donors (Lipinski definition) is 2. The molecule has 1 atom stereocenters. The first kappa shape index (κ1) is 20.6. The van der Waals surface area contributed by atoms with Crippen LogP contribution < -0.4 is 15.4 Å². The zero-order valence-corrected chi connectivity index (χ0v) is 17.4. The molecule has 152 valence electrons. The Kier molecular flexibility index (Phi) is 8.07. The van der Waals surface area contributed by atoms with Crippen molar-refractivity contribution >= 4 is 17.3 Å². The zero-order valence-electron chi connectivity index (χ0n) is 16.6. The molecule has 0 bridgehead atoms. The summed E-state index contributed by atoms with van der Waals surface area (Å²) in [6.07, 6.45) is 1.75. The molecule has 0 radical (unpaired) electrons. The number of aromatic nitrogens is 1. The number of thiophene rings is 1. The Bertz CT molecular complexity index is 732. The third kappa shape index (κ3) is 5.92. The molecule has 3 rings (SSSR count). The van der Waals surface area contributed by atoms with Gasteiger partial charge in [0.15, 0.2) is 5.96 Å². The number of nitrogens with zero attached hydrogens (tertiary/aromatic N) is 3. The Morgan fingerprint density at radius 2 is 2.21 bits per heavy atom. The SMILES string of the molecule is CCNC(=NCc1ccnc(OC)c1)NCC(c1cccs1)N1CCOCC1. The van der Waals surface area contributed by atoms with Crippen molar-refractivity contribution in [2.75, 3.05) is 46.5 Å². The topological polar surface area (TPSA) is 71.0 Å². The summed E-state index contributed by atoms with van der Waals surface area (Å²) in [5.41, 5.74) is 1.06. The van der Waals surface area contributed by atoms with Crippen molar-refractivity contribution in [2.24, 2.45) is 4.99 Å². The van der Waals surface area contributed by atoms with E-state index in [9.17, 15) is 0 Å². The number of aliphatic imine (C=N–C) groups is 1. The van der Waals surface area contributed by atoms with Gasteiger partial charge >= 0.3 is 0 Å². The number of nitrogens with one attached hydrogen (secondary N) is 2. The van der Waals surface area contributed by atoms with Gasteiger partial charge in [-0.3, -0.25) is 4.90 Å². The highest BCUT2D eigenvalue weighted by atomic mass is 32.1. The fourth-order valence-corrected chi connectivity index (χ4v) is 4.01. The summed E-state index contributed by atoms with van der Waals surface area (Å²) < 4.78 is 10.7. The van der Waals surface area contributed by atoms with Crippen LogP contribution in [0.3, 0.4) is 0 Å². The fraction of sp³-hybridized carbons (Fsp3) is 0.500. The molecule has 0 amide bonds. The van der Waals surface area contributed by atoms with E-state index in [1.807, 2.05) is 12.1 Å². The Morgan fingerprint density at radius 3 is 2.93 bits per heavy atom. The van der Waals surface area contributed by atoms with Gasteiger partial charge in [0.05, 0.1) is 32.9 Å². The Hall–Kier alpha value is -2.16. The quantitative estimate of drug-likeness (QED) is 0.521. The van der Waals surface area contributed by atoms with Crippen LogP contribution in [0, 0.1) is 0 Å². The number of rotatable bonds is 8. The summed E-state index contributed by atoms with van der Waals surface area (Å²) in [4.78, 5) is 12.7. The van der Waals surface area contributed by atoms with E-state index in [1.54, 1.807) is 24.6 Å². The van der Waals surface area contributed by atoms with Crippen LogP contribution in [0.4, 0.5) is 0 Å². The average Bonchev–Trinajstić information content (AvgIpc) is 3.27. The molecule has 2 N–H and O–H groups in total. The second-order valence-electron chi connectivity index (χ2n) is 6.46. The molecule has 1 saturated heterocycles. The van der Waals surface area contributed by atoms with E-state index < -0.39 is 0 Å². The van der Waals surface area contributed by atoms with Gasteiger partial charge in [0.1, 0.15) is 0 Å². The Morgan fingerprint density at radius 1 is 1.36 bits per heavy atom. The van der Waals surface area contributed by atoms with E-state index in [2.05, 4.69) is 45.0 Å². The predicted molar refractivity (Wildman–Crippen MR) is 113 cm³/mol. The number of hydrogen-bond acceptors (Lipinski definition) is 6. The van der Waals surface area contributed by atoms with Gasteiger partial charge in [-0.05, 0) is 30.0 Å². The number of pyridine rings is 1. The van der Waals surface area contributed by atoms with Crippen LogP contribution in [0.1, 0.15) is 23.4 Å². The molecule has 28 heavy (non-hydrogen) atoms. The number of morpholine rings is 1. The van der Waals surface area contributed by atoms with Crippen molar-refractivity contribution in [3.05, 3.63) is 46.3 Å². The lowest BCUT2D eigenvalue weighted by Crippen LogP contribution is -2.46. The van der Waals surface area contributed by atoms with Crippen molar-refractivity contribution in [1.82, 2.24) is 20.5 Å². The minimum absolute atomic E-state index is 0.314. The van der Waals surface area contributed by atoms with Crippen LogP contribution in [-0.2, 0) is 11.3 Å². The minimum Gasteiger partial charge on any atom is -0.481 e. The summed E-state index contributed by atoms with van der Waals surface area (Å²) in [5.74, 6) is 1.42. The molecule has 0 saturated carbocycles. The van der Waals surface area contributed by atoms with Gasteiger partial charge in [-0.15, -0.1) is 11.3 Å². The number of guanidine groups is 1. The van der Waals surface area contributed by atoms with Crippen molar-refractivity contribution < 1.29 is 9.47 Å². The molecule has 2 aromatic rings. The molecule has 0 aliphatic carbocycles. The summed E-state index contributed by atoms with van der Waals surface area (Å²) in [5, 5.41) is 9.00.